The third kappa shape index (κ3) is 5.71. The molecule has 0 aliphatic rings. The molecule has 0 aliphatic heterocycles. The van der Waals surface area contributed by atoms with Crippen LogP contribution in [0.15, 0.2) is 113 Å². The van der Waals surface area contributed by atoms with Crippen molar-refractivity contribution in [1.82, 2.24) is 9.78 Å². The van der Waals surface area contributed by atoms with Crippen molar-refractivity contribution < 1.29 is 9.53 Å². The lowest BCUT2D eigenvalue weighted by atomic mass is 10.1. The predicted molar refractivity (Wildman–Crippen MR) is 152 cm³/mol. The Morgan fingerprint density at radius 1 is 0.946 bits per heavy atom. The summed E-state index contributed by atoms with van der Waals surface area (Å²) in [7, 11) is 0. The van der Waals surface area contributed by atoms with E-state index < -0.39 is 5.97 Å². The predicted octanol–water partition coefficient (Wildman–Crippen LogP) is 8.23. The number of rotatable bonds is 6. The zero-order chi connectivity index (χ0) is 25.8. The lowest BCUT2D eigenvalue weighted by Gasteiger charge is -2.07. The molecule has 1 heterocycles. The largest absolute Gasteiger partial charge is 0.423 e. The average molecular weight is 571 g/mol. The van der Waals surface area contributed by atoms with E-state index in [1.54, 1.807) is 42.6 Å². The smallest absolute Gasteiger partial charge is 0.343 e. The first kappa shape index (κ1) is 24.7. The molecule has 0 N–H and O–H groups in total. The van der Waals surface area contributed by atoms with Gasteiger partial charge >= 0.3 is 5.97 Å². The number of aromatic nitrogens is 2. The molecule has 5 rings (SSSR count). The first-order chi connectivity index (χ1) is 18.0. The number of aryl methyl sites for hydroxylation is 1. The Hall–Kier alpha value is -4.00. The molecule has 1 aromatic heterocycles. The molecule has 0 amide bonds. The Morgan fingerprint density at radius 3 is 2.43 bits per heavy atom. The Labute approximate surface area is 228 Å². The number of carbonyl (C=O) groups excluding carboxylic acids is 1. The zero-order valence-corrected chi connectivity index (χ0v) is 22.1. The van der Waals surface area contributed by atoms with E-state index in [0.717, 1.165) is 38.4 Å². The van der Waals surface area contributed by atoms with E-state index in [1.165, 1.54) is 0 Å². The van der Waals surface area contributed by atoms with Crippen LogP contribution >= 0.6 is 27.5 Å². The third-order valence-corrected chi connectivity index (χ3v) is 6.37. The number of carbonyl (C=O) groups is 1. The van der Waals surface area contributed by atoms with Crippen LogP contribution in [0.2, 0.25) is 5.02 Å². The van der Waals surface area contributed by atoms with Gasteiger partial charge in [0.25, 0.3) is 0 Å². The Balaban J connectivity index is 1.45. The maximum absolute atomic E-state index is 12.4. The highest BCUT2D eigenvalue weighted by atomic mass is 79.9. The SMILES string of the molecule is Cc1nn(-c2ccccc2)c(N=Cc2ccc(OC(=O)c3cccc(Cl)c3)cc2)c1-c1cccc(Br)c1. The number of aliphatic imine (C=N–C) groups is 1. The summed E-state index contributed by atoms with van der Waals surface area (Å²) >= 11 is 9.55. The van der Waals surface area contributed by atoms with Gasteiger partial charge in [0.15, 0.2) is 5.82 Å². The summed E-state index contributed by atoms with van der Waals surface area (Å²) < 4.78 is 8.31. The van der Waals surface area contributed by atoms with Gasteiger partial charge in [-0.25, -0.2) is 14.5 Å². The van der Waals surface area contributed by atoms with Gasteiger partial charge in [0.05, 0.1) is 16.9 Å². The normalized spacial score (nSPS) is 11.1. The number of nitrogens with zero attached hydrogens (tertiary/aromatic N) is 3. The molecule has 0 atom stereocenters. The van der Waals surface area contributed by atoms with Gasteiger partial charge in [-0.2, -0.15) is 5.10 Å². The molecule has 0 bridgehead atoms. The fourth-order valence-electron chi connectivity index (χ4n) is 3.90. The first-order valence-electron chi connectivity index (χ1n) is 11.5. The van der Waals surface area contributed by atoms with Crippen LogP contribution in [0.1, 0.15) is 21.6 Å². The topological polar surface area (TPSA) is 56.5 Å². The van der Waals surface area contributed by atoms with E-state index in [9.17, 15) is 4.79 Å². The Kier molecular flexibility index (Phi) is 7.30. The molecule has 5 aromatic rings. The third-order valence-electron chi connectivity index (χ3n) is 5.64. The van der Waals surface area contributed by atoms with Crippen molar-refractivity contribution >= 4 is 45.5 Å². The van der Waals surface area contributed by atoms with Gasteiger partial charge in [0.2, 0.25) is 0 Å². The molecule has 7 heteroatoms. The van der Waals surface area contributed by atoms with Gasteiger partial charge < -0.3 is 4.74 Å². The maximum Gasteiger partial charge on any atom is 0.343 e. The lowest BCUT2D eigenvalue weighted by Crippen LogP contribution is -2.08. The minimum absolute atomic E-state index is 0.391. The van der Waals surface area contributed by atoms with Crippen LogP contribution in [0.5, 0.6) is 5.75 Å². The number of halogens is 2. The van der Waals surface area contributed by atoms with Gasteiger partial charge in [-0.05, 0) is 84.8 Å². The average Bonchev–Trinajstić information content (AvgIpc) is 3.24. The highest BCUT2D eigenvalue weighted by Crippen LogP contribution is 2.36. The molecular formula is C30H21BrClN3O2. The van der Waals surface area contributed by atoms with Crippen LogP contribution < -0.4 is 4.74 Å². The zero-order valence-electron chi connectivity index (χ0n) is 19.8. The molecule has 0 spiro atoms. The summed E-state index contributed by atoms with van der Waals surface area (Å²) in [6.45, 7) is 1.98. The summed E-state index contributed by atoms with van der Waals surface area (Å²) in [5.74, 6) is 0.685. The van der Waals surface area contributed by atoms with Gasteiger partial charge in [-0.15, -0.1) is 0 Å². The molecule has 0 aliphatic carbocycles. The fraction of sp³-hybridized carbons (Fsp3) is 0.0333. The minimum Gasteiger partial charge on any atom is -0.423 e. The summed E-state index contributed by atoms with van der Waals surface area (Å²) in [4.78, 5) is 17.3. The van der Waals surface area contributed by atoms with Crippen LogP contribution in [-0.2, 0) is 0 Å². The summed E-state index contributed by atoms with van der Waals surface area (Å²) in [6, 6.07) is 31.8. The van der Waals surface area contributed by atoms with Crippen LogP contribution in [0.25, 0.3) is 16.8 Å². The maximum atomic E-state index is 12.4. The molecule has 182 valence electrons. The number of esters is 1. The molecule has 37 heavy (non-hydrogen) atoms. The van der Waals surface area contributed by atoms with E-state index >= 15 is 0 Å². The number of hydrogen-bond donors (Lipinski definition) is 0. The number of para-hydroxylation sites is 1. The number of hydrogen-bond acceptors (Lipinski definition) is 4. The second kappa shape index (κ2) is 10.9. The molecule has 0 fully saturated rings. The Bertz CT molecular complexity index is 1600. The second-order valence-electron chi connectivity index (χ2n) is 8.27. The van der Waals surface area contributed by atoms with Crippen molar-refractivity contribution in [2.75, 3.05) is 0 Å². The summed E-state index contributed by atoms with van der Waals surface area (Å²) in [6.07, 6.45) is 1.78. The van der Waals surface area contributed by atoms with Gasteiger partial charge in [-0.1, -0.05) is 63.9 Å². The molecular weight excluding hydrogens is 550 g/mol. The van der Waals surface area contributed by atoms with Crippen LogP contribution in [-0.4, -0.2) is 22.0 Å². The highest BCUT2D eigenvalue weighted by Gasteiger charge is 2.18. The van der Waals surface area contributed by atoms with E-state index in [0.29, 0.717) is 16.3 Å². The van der Waals surface area contributed by atoms with Crippen LogP contribution in [0, 0.1) is 6.92 Å². The van der Waals surface area contributed by atoms with E-state index in [1.807, 2.05) is 72.3 Å². The quantitative estimate of drug-likeness (QED) is 0.117. The molecule has 0 saturated heterocycles. The fourth-order valence-corrected chi connectivity index (χ4v) is 4.49. The van der Waals surface area contributed by atoms with Crippen molar-refractivity contribution in [3.05, 3.63) is 129 Å². The lowest BCUT2D eigenvalue weighted by molar-refractivity contribution is 0.0734. The second-order valence-corrected chi connectivity index (χ2v) is 9.62. The van der Waals surface area contributed by atoms with Crippen molar-refractivity contribution in [3.63, 3.8) is 0 Å². The molecule has 0 unspecified atom stereocenters. The molecule has 4 aromatic carbocycles. The minimum atomic E-state index is -0.468. The number of ether oxygens (including phenoxy) is 1. The standard InChI is InChI=1S/C30H21BrClN3O2/c1-20-28(22-7-5-9-24(31)17-22)29(35(34-20)26-11-3-2-4-12-26)33-19-21-13-15-27(16-14-21)37-30(36)23-8-6-10-25(32)18-23/h2-19H,1H3. The summed E-state index contributed by atoms with van der Waals surface area (Å²) in [5, 5.41) is 5.28. The molecule has 5 nitrogen and oxygen atoms in total. The van der Waals surface area contributed by atoms with Gasteiger partial charge in [0.1, 0.15) is 5.75 Å². The Morgan fingerprint density at radius 2 is 1.70 bits per heavy atom. The van der Waals surface area contributed by atoms with Gasteiger partial charge in [-0.3, -0.25) is 0 Å². The van der Waals surface area contributed by atoms with Crippen molar-refractivity contribution in [1.29, 1.82) is 0 Å². The van der Waals surface area contributed by atoms with Crippen molar-refractivity contribution in [3.8, 4) is 22.6 Å². The van der Waals surface area contributed by atoms with Crippen molar-refractivity contribution in [2.24, 2.45) is 4.99 Å². The molecule has 0 saturated carbocycles. The first-order valence-corrected chi connectivity index (χ1v) is 12.7. The van der Waals surface area contributed by atoms with E-state index in [4.69, 9.17) is 26.4 Å². The molecule has 0 radical (unpaired) electrons. The van der Waals surface area contributed by atoms with E-state index in [-0.39, 0.29) is 0 Å². The number of benzene rings is 4. The van der Waals surface area contributed by atoms with Gasteiger partial charge in [0, 0.05) is 21.3 Å². The van der Waals surface area contributed by atoms with E-state index in [2.05, 4.69) is 22.0 Å². The summed E-state index contributed by atoms with van der Waals surface area (Å²) in [5.41, 5.74) is 5.00. The highest BCUT2D eigenvalue weighted by molar-refractivity contribution is 9.10. The van der Waals surface area contributed by atoms with Crippen LogP contribution in [0.3, 0.4) is 0 Å². The van der Waals surface area contributed by atoms with Crippen molar-refractivity contribution in [2.45, 2.75) is 6.92 Å². The monoisotopic (exact) mass is 569 g/mol. The van der Waals surface area contributed by atoms with Crippen LogP contribution in [0.4, 0.5) is 5.82 Å².